The first-order chi connectivity index (χ1) is 11.8. The van der Waals surface area contributed by atoms with Gasteiger partial charge in [0.2, 0.25) is 0 Å². The number of rotatable bonds is 9. The molecular formula is C20H32F2O3Si. The molecule has 0 aliphatic heterocycles. The van der Waals surface area contributed by atoms with Crippen molar-refractivity contribution in [1.29, 1.82) is 0 Å². The average molecular weight is 387 g/mol. The fourth-order valence-corrected chi connectivity index (χ4v) is 3.22. The van der Waals surface area contributed by atoms with Crippen molar-refractivity contribution in [2.75, 3.05) is 6.61 Å². The summed E-state index contributed by atoms with van der Waals surface area (Å²) in [5.74, 6) is -4.41. The second-order valence-electron chi connectivity index (χ2n) is 8.41. The van der Waals surface area contributed by atoms with E-state index in [9.17, 15) is 13.6 Å². The zero-order chi connectivity index (χ0) is 20.0. The van der Waals surface area contributed by atoms with Crippen LogP contribution in [0.3, 0.4) is 0 Å². The largest absolute Gasteiger partial charge is 0.461 e. The normalized spacial score (nSPS) is 14.2. The number of carbonyl (C=O) groups is 1. The van der Waals surface area contributed by atoms with E-state index in [1.165, 1.54) is 6.92 Å². The van der Waals surface area contributed by atoms with Gasteiger partial charge in [0.25, 0.3) is 5.92 Å². The molecule has 3 nitrogen and oxygen atoms in total. The minimum Gasteiger partial charge on any atom is -0.461 e. The highest BCUT2D eigenvalue weighted by Gasteiger charge is 2.39. The minimum absolute atomic E-state index is 0.00920. The molecule has 0 radical (unpaired) electrons. The van der Waals surface area contributed by atoms with Gasteiger partial charge in [0, 0.05) is 19.4 Å². The van der Waals surface area contributed by atoms with E-state index in [0.717, 1.165) is 5.56 Å². The van der Waals surface area contributed by atoms with E-state index in [4.69, 9.17) is 9.16 Å². The minimum atomic E-state index is -2.95. The van der Waals surface area contributed by atoms with Crippen molar-refractivity contribution in [2.45, 2.75) is 71.2 Å². The highest BCUT2D eigenvalue weighted by molar-refractivity contribution is 6.74. The Morgan fingerprint density at radius 1 is 1.15 bits per heavy atom. The van der Waals surface area contributed by atoms with Gasteiger partial charge in [-0.15, -0.1) is 0 Å². The second kappa shape index (κ2) is 9.09. The summed E-state index contributed by atoms with van der Waals surface area (Å²) in [6.07, 6.45) is -0.905. The summed E-state index contributed by atoms with van der Waals surface area (Å²) in [6.45, 7) is 11.9. The predicted octanol–water partition coefficient (Wildman–Crippen LogP) is 5.80. The van der Waals surface area contributed by atoms with Crippen molar-refractivity contribution in [1.82, 2.24) is 0 Å². The number of benzene rings is 1. The number of ether oxygens (including phenoxy) is 1. The van der Waals surface area contributed by atoms with Gasteiger partial charge in [-0.2, -0.15) is 0 Å². The topological polar surface area (TPSA) is 35.5 Å². The molecule has 0 fully saturated rings. The first-order valence-electron chi connectivity index (χ1n) is 9.06. The second-order valence-corrected chi connectivity index (χ2v) is 13.2. The molecule has 0 spiro atoms. The maximum absolute atomic E-state index is 14.2. The monoisotopic (exact) mass is 386 g/mol. The Balaban J connectivity index is 2.43. The lowest BCUT2D eigenvalue weighted by Crippen LogP contribution is -2.41. The molecule has 0 heterocycles. The summed E-state index contributed by atoms with van der Waals surface area (Å²) in [5, 5.41) is -0.0170. The zero-order valence-corrected chi connectivity index (χ0v) is 17.8. The molecule has 0 aromatic heterocycles. The summed E-state index contributed by atoms with van der Waals surface area (Å²) in [5.41, 5.74) is 0.836. The third kappa shape index (κ3) is 7.54. The molecule has 1 aromatic rings. The lowest BCUT2D eigenvalue weighted by atomic mass is 10.0. The number of halogens is 2. The summed E-state index contributed by atoms with van der Waals surface area (Å²) < 4.78 is 39.4. The van der Waals surface area contributed by atoms with Crippen LogP contribution in [0.5, 0.6) is 0 Å². The standard InChI is InChI=1S/C20H32F2O3Si/c1-16(18(23)24-15-17-10-8-7-9-11-17)14-20(21,22)12-13-25-26(5,6)19(2,3)4/h7-11,16H,12-15H2,1-6H3. The Bertz CT molecular complexity index is 568. The van der Waals surface area contributed by atoms with Crippen LogP contribution >= 0.6 is 0 Å². The van der Waals surface area contributed by atoms with Gasteiger partial charge in [0.15, 0.2) is 8.32 Å². The first-order valence-corrected chi connectivity index (χ1v) is 12.0. The summed E-state index contributed by atoms with van der Waals surface area (Å²) in [7, 11) is -2.04. The van der Waals surface area contributed by atoms with E-state index in [2.05, 4.69) is 20.8 Å². The van der Waals surface area contributed by atoms with Crippen LogP contribution in [0.1, 0.15) is 46.1 Å². The van der Waals surface area contributed by atoms with Crippen LogP contribution in [0.2, 0.25) is 18.1 Å². The molecule has 1 rings (SSSR count). The molecule has 0 amide bonds. The predicted molar refractivity (Wildman–Crippen MR) is 103 cm³/mol. The lowest BCUT2D eigenvalue weighted by molar-refractivity contribution is -0.153. The number of carbonyl (C=O) groups excluding carboxylic acids is 1. The smallest absolute Gasteiger partial charge is 0.309 e. The van der Waals surface area contributed by atoms with Crippen molar-refractivity contribution in [3.63, 3.8) is 0 Å². The highest BCUT2D eigenvalue weighted by atomic mass is 28.4. The maximum atomic E-state index is 14.2. The molecule has 1 atom stereocenters. The van der Waals surface area contributed by atoms with Gasteiger partial charge in [-0.25, -0.2) is 8.78 Å². The summed E-state index contributed by atoms with van der Waals surface area (Å²) in [4.78, 5) is 12.0. The SMILES string of the molecule is CC(CC(F)(F)CCO[Si](C)(C)C(C)(C)C)C(=O)OCc1ccccc1. The van der Waals surface area contributed by atoms with E-state index in [1.807, 2.05) is 43.4 Å². The molecule has 1 unspecified atom stereocenters. The maximum Gasteiger partial charge on any atom is 0.309 e. The van der Waals surface area contributed by atoms with E-state index >= 15 is 0 Å². The van der Waals surface area contributed by atoms with Crippen LogP contribution in [0.15, 0.2) is 30.3 Å². The molecule has 26 heavy (non-hydrogen) atoms. The Morgan fingerprint density at radius 2 is 1.73 bits per heavy atom. The molecule has 0 saturated heterocycles. The van der Waals surface area contributed by atoms with Crippen LogP contribution < -0.4 is 0 Å². The molecule has 6 heteroatoms. The third-order valence-corrected chi connectivity index (χ3v) is 9.51. The molecule has 1 aromatic carbocycles. The lowest BCUT2D eigenvalue weighted by Gasteiger charge is -2.36. The van der Waals surface area contributed by atoms with Crippen molar-refractivity contribution in [3.8, 4) is 0 Å². The van der Waals surface area contributed by atoms with Gasteiger partial charge < -0.3 is 9.16 Å². The number of alkyl halides is 2. The van der Waals surface area contributed by atoms with Crippen LogP contribution in [-0.4, -0.2) is 26.8 Å². The van der Waals surface area contributed by atoms with E-state index in [1.54, 1.807) is 0 Å². The van der Waals surface area contributed by atoms with Crippen molar-refractivity contribution in [2.24, 2.45) is 5.92 Å². The summed E-state index contributed by atoms with van der Waals surface area (Å²) in [6, 6.07) is 9.18. The Hall–Kier alpha value is -1.27. The van der Waals surface area contributed by atoms with Crippen LogP contribution in [0, 0.1) is 5.92 Å². The fraction of sp³-hybridized carbons (Fsp3) is 0.650. The van der Waals surface area contributed by atoms with Gasteiger partial charge in [0.1, 0.15) is 6.61 Å². The highest BCUT2D eigenvalue weighted by Crippen LogP contribution is 2.37. The Labute approximate surface area is 157 Å². The zero-order valence-electron chi connectivity index (χ0n) is 16.8. The van der Waals surface area contributed by atoms with Gasteiger partial charge in [0.05, 0.1) is 5.92 Å². The number of hydrogen-bond acceptors (Lipinski definition) is 3. The molecule has 0 N–H and O–H groups in total. The quantitative estimate of drug-likeness (QED) is 0.397. The fourth-order valence-electron chi connectivity index (χ4n) is 2.18. The molecule has 0 saturated carbocycles. The molecule has 148 valence electrons. The van der Waals surface area contributed by atoms with Crippen LogP contribution in [-0.2, 0) is 20.6 Å². The third-order valence-electron chi connectivity index (χ3n) is 4.97. The number of hydrogen-bond donors (Lipinski definition) is 0. The van der Waals surface area contributed by atoms with Crippen molar-refractivity contribution < 1.29 is 22.7 Å². The van der Waals surface area contributed by atoms with E-state index < -0.39 is 32.5 Å². The molecule has 0 aliphatic carbocycles. The summed E-state index contributed by atoms with van der Waals surface area (Å²) >= 11 is 0. The first kappa shape index (κ1) is 22.8. The van der Waals surface area contributed by atoms with Crippen LogP contribution in [0.25, 0.3) is 0 Å². The van der Waals surface area contributed by atoms with Crippen LogP contribution in [0.4, 0.5) is 8.78 Å². The van der Waals surface area contributed by atoms with Gasteiger partial charge in [-0.05, 0) is 23.7 Å². The van der Waals surface area contributed by atoms with Gasteiger partial charge >= 0.3 is 5.97 Å². The van der Waals surface area contributed by atoms with E-state index in [0.29, 0.717) is 0 Å². The average Bonchev–Trinajstić information content (AvgIpc) is 2.51. The molecule has 0 bridgehead atoms. The molecular weight excluding hydrogens is 354 g/mol. The van der Waals surface area contributed by atoms with Gasteiger partial charge in [-0.3, -0.25) is 4.79 Å². The Kier molecular flexibility index (Phi) is 7.96. The Morgan fingerprint density at radius 3 is 2.27 bits per heavy atom. The van der Waals surface area contributed by atoms with Gasteiger partial charge in [-0.1, -0.05) is 58.0 Å². The number of esters is 1. The van der Waals surface area contributed by atoms with Crippen molar-refractivity contribution in [3.05, 3.63) is 35.9 Å². The molecule has 0 aliphatic rings. The van der Waals surface area contributed by atoms with Crippen molar-refractivity contribution >= 4 is 14.3 Å². The van der Waals surface area contributed by atoms with E-state index in [-0.39, 0.29) is 24.7 Å².